The highest BCUT2D eigenvalue weighted by molar-refractivity contribution is 6.06. The second kappa shape index (κ2) is 4.52. The van der Waals surface area contributed by atoms with E-state index in [1.807, 2.05) is 6.92 Å². The molecule has 7 nitrogen and oxygen atoms in total. The van der Waals surface area contributed by atoms with E-state index in [2.05, 4.69) is 20.6 Å². The lowest BCUT2D eigenvalue weighted by atomic mass is 10.3. The van der Waals surface area contributed by atoms with E-state index in [0.717, 1.165) is 12.1 Å². The third kappa shape index (κ3) is 2.06. The number of H-pyrrole nitrogens is 1. The van der Waals surface area contributed by atoms with Crippen LogP contribution in [0.5, 0.6) is 0 Å². The van der Waals surface area contributed by atoms with Gasteiger partial charge in [-0.25, -0.2) is 0 Å². The van der Waals surface area contributed by atoms with Gasteiger partial charge in [-0.05, 0) is 13.3 Å². The minimum atomic E-state index is -0.315. The Labute approximate surface area is 104 Å². The van der Waals surface area contributed by atoms with Crippen molar-refractivity contribution in [1.29, 1.82) is 0 Å². The van der Waals surface area contributed by atoms with Crippen LogP contribution in [-0.4, -0.2) is 25.9 Å². The summed E-state index contributed by atoms with van der Waals surface area (Å²) in [5.74, 6) is 0.167. The van der Waals surface area contributed by atoms with Crippen molar-refractivity contribution in [3.63, 3.8) is 0 Å². The fourth-order valence-electron chi connectivity index (χ4n) is 1.73. The number of amides is 1. The molecular weight excluding hydrogens is 232 g/mol. The number of carbonyl (C=O) groups excluding carboxylic acids is 1. The van der Waals surface area contributed by atoms with E-state index in [4.69, 9.17) is 5.73 Å². The molecule has 0 aromatic carbocycles. The van der Waals surface area contributed by atoms with Gasteiger partial charge in [0.2, 0.25) is 0 Å². The number of hydrogen-bond donors (Lipinski definition) is 3. The third-order valence-corrected chi connectivity index (χ3v) is 2.74. The normalized spacial score (nSPS) is 10.6. The van der Waals surface area contributed by atoms with Crippen LogP contribution in [0.2, 0.25) is 0 Å². The lowest BCUT2D eigenvalue weighted by molar-refractivity contribution is 0.101. The summed E-state index contributed by atoms with van der Waals surface area (Å²) in [5, 5.41) is 13.6. The fraction of sp³-hybridized carbons (Fsp3) is 0.364. The zero-order valence-electron chi connectivity index (χ0n) is 10.6. The second-order valence-electron chi connectivity index (χ2n) is 4.06. The second-order valence-corrected chi connectivity index (χ2v) is 4.06. The first-order chi connectivity index (χ1) is 8.52. The zero-order valence-corrected chi connectivity index (χ0v) is 10.6. The summed E-state index contributed by atoms with van der Waals surface area (Å²) in [6.45, 7) is 3.76. The van der Waals surface area contributed by atoms with Crippen molar-refractivity contribution in [2.24, 2.45) is 7.05 Å². The Balaban J connectivity index is 2.21. The van der Waals surface area contributed by atoms with Crippen molar-refractivity contribution >= 4 is 17.4 Å². The molecule has 96 valence electrons. The van der Waals surface area contributed by atoms with Crippen LogP contribution in [0.15, 0.2) is 6.07 Å². The van der Waals surface area contributed by atoms with Crippen molar-refractivity contribution in [2.75, 3.05) is 11.1 Å². The van der Waals surface area contributed by atoms with Crippen LogP contribution in [0, 0.1) is 6.92 Å². The molecule has 0 bridgehead atoms. The highest BCUT2D eigenvalue weighted by Crippen LogP contribution is 2.17. The lowest BCUT2D eigenvalue weighted by Gasteiger charge is -2.03. The van der Waals surface area contributed by atoms with E-state index < -0.39 is 0 Å². The van der Waals surface area contributed by atoms with Crippen molar-refractivity contribution in [1.82, 2.24) is 20.0 Å². The molecule has 0 aliphatic heterocycles. The van der Waals surface area contributed by atoms with Gasteiger partial charge in [-0.15, -0.1) is 0 Å². The SMILES string of the molecule is CCc1cc(NC(=O)c2c(N)c(C)nn2C)n[nH]1. The number of hydrogen-bond acceptors (Lipinski definition) is 4. The largest absolute Gasteiger partial charge is 0.395 e. The lowest BCUT2D eigenvalue weighted by Crippen LogP contribution is -2.17. The van der Waals surface area contributed by atoms with Crippen LogP contribution in [0.25, 0.3) is 0 Å². The molecule has 2 aromatic heterocycles. The number of aryl methyl sites for hydroxylation is 3. The molecule has 0 aliphatic carbocycles. The Morgan fingerprint density at radius 1 is 1.61 bits per heavy atom. The first-order valence-corrected chi connectivity index (χ1v) is 5.67. The molecule has 0 fully saturated rings. The van der Waals surface area contributed by atoms with Crippen LogP contribution >= 0.6 is 0 Å². The molecular formula is C11H16N6O. The monoisotopic (exact) mass is 248 g/mol. The maximum absolute atomic E-state index is 12.1. The van der Waals surface area contributed by atoms with Gasteiger partial charge >= 0.3 is 0 Å². The molecule has 0 radical (unpaired) electrons. The van der Waals surface area contributed by atoms with Gasteiger partial charge in [0.15, 0.2) is 5.82 Å². The number of anilines is 2. The van der Waals surface area contributed by atoms with Gasteiger partial charge in [-0.1, -0.05) is 6.92 Å². The number of carbonyl (C=O) groups is 1. The Bertz CT molecular complexity index is 582. The highest BCUT2D eigenvalue weighted by atomic mass is 16.2. The number of nitrogen functional groups attached to an aromatic ring is 1. The molecule has 1 amide bonds. The topological polar surface area (TPSA) is 102 Å². The highest BCUT2D eigenvalue weighted by Gasteiger charge is 2.18. The first kappa shape index (κ1) is 12.2. The van der Waals surface area contributed by atoms with Crippen LogP contribution in [-0.2, 0) is 13.5 Å². The number of rotatable bonds is 3. The van der Waals surface area contributed by atoms with Gasteiger partial charge < -0.3 is 11.1 Å². The number of aromatic nitrogens is 4. The van der Waals surface area contributed by atoms with Crippen LogP contribution in [0.3, 0.4) is 0 Å². The standard InChI is InChI=1S/C11H16N6O/c1-4-7-5-8(15-14-7)13-11(18)10-9(12)6(2)16-17(10)3/h5H,4,12H2,1-3H3,(H2,13,14,15,18). The van der Waals surface area contributed by atoms with Gasteiger partial charge in [-0.3, -0.25) is 14.6 Å². The average molecular weight is 248 g/mol. The number of aromatic amines is 1. The van der Waals surface area contributed by atoms with Crippen molar-refractivity contribution in [2.45, 2.75) is 20.3 Å². The van der Waals surface area contributed by atoms with Crippen LogP contribution in [0.4, 0.5) is 11.5 Å². The van der Waals surface area contributed by atoms with E-state index in [9.17, 15) is 4.79 Å². The Kier molecular flexibility index (Phi) is 3.05. The molecule has 2 heterocycles. The number of nitrogens with two attached hydrogens (primary N) is 1. The molecule has 0 spiro atoms. The third-order valence-electron chi connectivity index (χ3n) is 2.74. The molecule has 7 heteroatoms. The minimum Gasteiger partial charge on any atom is -0.395 e. The minimum absolute atomic E-state index is 0.315. The molecule has 2 aromatic rings. The number of nitrogens with zero attached hydrogens (tertiary/aromatic N) is 3. The van der Waals surface area contributed by atoms with E-state index in [1.165, 1.54) is 4.68 Å². The molecule has 0 saturated carbocycles. The van der Waals surface area contributed by atoms with Gasteiger partial charge in [0.25, 0.3) is 5.91 Å². The zero-order chi connectivity index (χ0) is 13.3. The summed E-state index contributed by atoms with van der Waals surface area (Å²) >= 11 is 0. The van der Waals surface area contributed by atoms with E-state index in [-0.39, 0.29) is 5.91 Å². The van der Waals surface area contributed by atoms with Gasteiger partial charge in [-0.2, -0.15) is 10.2 Å². The molecule has 0 unspecified atom stereocenters. The van der Waals surface area contributed by atoms with Crippen molar-refractivity contribution < 1.29 is 4.79 Å². The van der Waals surface area contributed by atoms with Gasteiger partial charge in [0.1, 0.15) is 5.69 Å². The smallest absolute Gasteiger partial charge is 0.277 e. The van der Waals surface area contributed by atoms with Crippen LogP contribution in [0.1, 0.15) is 28.8 Å². The number of nitrogens with one attached hydrogen (secondary N) is 2. The first-order valence-electron chi connectivity index (χ1n) is 5.67. The average Bonchev–Trinajstić information content (AvgIpc) is 2.85. The summed E-state index contributed by atoms with van der Waals surface area (Å²) in [4.78, 5) is 12.1. The van der Waals surface area contributed by atoms with Crippen molar-refractivity contribution in [3.05, 3.63) is 23.1 Å². The predicted molar refractivity (Wildman–Crippen MR) is 68.3 cm³/mol. The molecule has 0 atom stereocenters. The Morgan fingerprint density at radius 3 is 2.83 bits per heavy atom. The van der Waals surface area contributed by atoms with Gasteiger partial charge in [0, 0.05) is 18.8 Å². The molecule has 0 aliphatic rings. The Hall–Kier alpha value is -2.31. The Morgan fingerprint density at radius 2 is 2.33 bits per heavy atom. The quantitative estimate of drug-likeness (QED) is 0.749. The van der Waals surface area contributed by atoms with Crippen molar-refractivity contribution in [3.8, 4) is 0 Å². The van der Waals surface area contributed by atoms with E-state index in [1.54, 1.807) is 20.0 Å². The fourth-order valence-corrected chi connectivity index (χ4v) is 1.73. The summed E-state index contributed by atoms with van der Waals surface area (Å²) in [6, 6.07) is 1.79. The van der Waals surface area contributed by atoms with E-state index >= 15 is 0 Å². The summed E-state index contributed by atoms with van der Waals surface area (Å²) in [6.07, 6.45) is 0.829. The summed E-state index contributed by atoms with van der Waals surface area (Å²) < 4.78 is 1.47. The molecule has 18 heavy (non-hydrogen) atoms. The molecule has 0 saturated heterocycles. The summed E-state index contributed by atoms with van der Waals surface area (Å²) in [7, 11) is 1.68. The van der Waals surface area contributed by atoms with Crippen LogP contribution < -0.4 is 11.1 Å². The van der Waals surface area contributed by atoms with E-state index in [0.29, 0.717) is 22.9 Å². The van der Waals surface area contributed by atoms with Gasteiger partial charge in [0.05, 0.1) is 11.4 Å². The maximum atomic E-state index is 12.1. The molecule has 4 N–H and O–H groups in total. The predicted octanol–water partition coefficient (Wildman–Crippen LogP) is 0.849. The maximum Gasteiger partial charge on any atom is 0.277 e. The summed E-state index contributed by atoms with van der Waals surface area (Å²) in [5.41, 5.74) is 8.14. The molecule has 2 rings (SSSR count).